The average Bonchev–Trinajstić information content (AvgIpc) is 1.60. The fourth-order valence-electron chi connectivity index (χ4n) is 1.02. The first-order chi connectivity index (χ1) is 4.39. The molecule has 0 aromatic carbocycles. The maximum atomic E-state index is 10.9. The molecule has 0 aromatic heterocycles. The lowest BCUT2D eigenvalue weighted by atomic mass is 9.88. The van der Waals surface area contributed by atoms with Gasteiger partial charge in [-0.1, -0.05) is 20.8 Å². The van der Waals surface area contributed by atoms with Crippen LogP contribution in [0.25, 0.3) is 0 Å². The lowest BCUT2D eigenvalue weighted by molar-refractivity contribution is -0.111. The van der Waals surface area contributed by atoms with Gasteiger partial charge in [0.25, 0.3) is 0 Å². The first-order valence-electron chi connectivity index (χ1n) is 3.37. The van der Waals surface area contributed by atoms with Crippen molar-refractivity contribution >= 4 is 11.5 Å². The molecule has 0 bridgehead atoms. The molecule has 0 unspecified atom stereocenters. The third-order valence-electron chi connectivity index (χ3n) is 1.27. The highest BCUT2D eigenvalue weighted by molar-refractivity contribution is 6.40. The number of hydrogen-bond donors (Lipinski definition) is 0. The summed E-state index contributed by atoms with van der Waals surface area (Å²) in [6.45, 7) is 7.50. The minimum atomic E-state index is -0.111. The molecule has 0 N–H and O–H groups in total. The predicted molar refractivity (Wildman–Crippen MR) is 43.5 cm³/mol. The van der Waals surface area contributed by atoms with Crippen LogP contribution in [-0.4, -0.2) is 18.5 Å². The van der Waals surface area contributed by atoms with E-state index in [1.807, 2.05) is 20.8 Å². The molecule has 2 nitrogen and oxygen atoms in total. The van der Waals surface area contributed by atoms with E-state index in [0.717, 1.165) is 0 Å². The molecule has 2 heteroatoms. The number of nitrogens with zero attached hydrogens (tertiary/aromatic N) is 1. The molecule has 0 rings (SSSR count). The van der Waals surface area contributed by atoms with Gasteiger partial charge in [0, 0.05) is 19.4 Å². The molecule has 0 aliphatic rings. The molecule has 10 heavy (non-hydrogen) atoms. The van der Waals surface area contributed by atoms with Gasteiger partial charge in [0.15, 0.2) is 5.78 Å². The Labute approximate surface area is 62.4 Å². The SMILES string of the molecule is CN=C(C(C)=O)C(C)(C)C. The maximum absolute atomic E-state index is 10.9. The Morgan fingerprint density at radius 1 is 1.30 bits per heavy atom. The van der Waals surface area contributed by atoms with E-state index >= 15 is 0 Å². The number of carbonyl (C=O) groups excluding carboxylic acids is 1. The van der Waals surface area contributed by atoms with Gasteiger partial charge >= 0.3 is 0 Å². The molecule has 0 amide bonds. The van der Waals surface area contributed by atoms with E-state index in [4.69, 9.17) is 0 Å². The third kappa shape index (κ3) is 2.29. The molecule has 0 aromatic rings. The summed E-state index contributed by atoms with van der Waals surface area (Å²) in [6.07, 6.45) is 0. The molecule has 0 spiro atoms. The monoisotopic (exact) mass is 141 g/mol. The predicted octanol–water partition coefficient (Wildman–Crippen LogP) is 1.69. The summed E-state index contributed by atoms with van der Waals surface area (Å²) in [5, 5.41) is 0. The molecule has 0 saturated carbocycles. The second-order valence-electron chi connectivity index (χ2n) is 3.38. The van der Waals surface area contributed by atoms with Gasteiger partial charge in [0.2, 0.25) is 0 Å². The van der Waals surface area contributed by atoms with E-state index in [-0.39, 0.29) is 11.2 Å². The zero-order valence-electron chi connectivity index (χ0n) is 7.36. The topological polar surface area (TPSA) is 29.4 Å². The number of rotatable bonds is 1. The summed E-state index contributed by atoms with van der Waals surface area (Å²) in [6, 6.07) is 0. The lowest BCUT2D eigenvalue weighted by Gasteiger charge is -2.18. The largest absolute Gasteiger partial charge is 0.293 e. The quantitative estimate of drug-likeness (QED) is 0.511. The second kappa shape index (κ2) is 2.95. The van der Waals surface area contributed by atoms with E-state index in [1.165, 1.54) is 0 Å². The summed E-state index contributed by atoms with van der Waals surface area (Å²) in [7, 11) is 1.65. The zero-order chi connectivity index (χ0) is 8.36. The molecular formula is C8H15NO. The Hall–Kier alpha value is -0.660. The summed E-state index contributed by atoms with van der Waals surface area (Å²) >= 11 is 0. The third-order valence-corrected chi connectivity index (χ3v) is 1.27. The van der Waals surface area contributed by atoms with Gasteiger partial charge in [-0.05, 0) is 0 Å². The van der Waals surface area contributed by atoms with Gasteiger partial charge in [-0.25, -0.2) is 0 Å². The Morgan fingerprint density at radius 3 is 1.70 bits per heavy atom. The van der Waals surface area contributed by atoms with Crippen LogP contribution in [0.5, 0.6) is 0 Å². The molecule has 0 aliphatic heterocycles. The smallest absolute Gasteiger partial charge is 0.174 e. The molecular weight excluding hydrogens is 126 g/mol. The van der Waals surface area contributed by atoms with Crippen LogP contribution in [0.3, 0.4) is 0 Å². The van der Waals surface area contributed by atoms with Crippen molar-refractivity contribution in [1.29, 1.82) is 0 Å². The molecule has 0 aliphatic carbocycles. The molecule has 0 fully saturated rings. The van der Waals surface area contributed by atoms with Crippen LogP contribution < -0.4 is 0 Å². The Kier molecular flexibility index (Phi) is 2.76. The number of ketones is 1. The molecule has 0 atom stereocenters. The highest BCUT2D eigenvalue weighted by atomic mass is 16.1. The van der Waals surface area contributed by atoms with Gasteiger partial charge in [-0.3, -0.25) is 9.79 Å². The van der Waals surface area contributed by atoms with Crippen molar-refractivity contribution in [2.24, 2.45) is 10.4 Å². The fourth-order valence-corrected chi connectivity index (χ4v) is 1.02. The zero-order valence-corrected chi connectivity index (χ0v) is 7.36. The first-order valence-corrected chi connectivity index (χ1v) is 3.37. The van der Waals surface area contributed by atoms with Crippen molar-refractivity contribution in [3.8, 4) is 0 Å². The Bertz CT molecular complexity index is 163. The van der Waals surface area contributed by atoms with Crippen LogP contribution in [-0.2, 0) is 4.79 Å². The van der Waals surface area contributed by atoms with Crippen molar-refractivity contribution in [3.05, 3.63) is 0 Å². The van der Waals surface area contributed by atoms with E-state index < -0.39 is 0 Å². The number of carbonyl (C=O) groups is 1. The standard InChI is InChI=1S/C8H15NO/c1-6(10)7(9-5)8(2,3)4/h1-5H3. The normalized spacial score (nSPS) is 13.5. The number of hydrogen-bond acceptors (Lipinski definition) is 2. The van der Waals surface area contributed by atoms with Gasteiger partial charge < -0.3 is 0 Å². The fraction of sp³-hybridized carbons (Fsp3) is 0.750. The molecule has 0 radical (unpaired) electrons. The van der Waals surface area contributed by atoms with E-state index in [2.05, 4.69) is 4.99 Å². The average molecular weight is 141 g/mol. The minimum absolute atomic E-state index is 0.0648. The number of Topliss-reactive ketones (excluding diaryl/α,β-unsaturated/α-hetero) is 1. The van der Waals surface area contributed by atoms with Crippen molar-refractivity contribution in [1.82, 2.24) is 0 Å². The van der Waals surface area contributed by atoms with Crippen molar-refractivity contribution < 1.29 is 4.79 Å². The maximum Gasteiger partial charge on any atom is 0.174 e. The highest BCUT2D eigenvalue weighted by Crippen LogP contribution is 2.16. The van der Waals surface area contributed by atoms with Crippen molar-refractivity contribution in [3.63, 3.8) is 0 Å². The van der Waals surface area contributed by atoms with Crippen LogP contribution >= 0.6 is 0 Å². The van der Waals surface area contributed by atoms with Gasteiger partial charge in [0.05, 0.1) is 5.71 Å². The summed E-state index contributed by atoms with van der Waals surface area (Å²) in [4.78, 5) is 14.8. The van der Waals surface area contributed by atoms with Crippen molar-refractivity contribution in [2.45, 2.75) is 27.7 Å². The minimum Gasteiger partial charge on any atom is -0.293 e. The highest BCUT2D eigenvalue weighted by Gasteiger charge is 2.21. The Balaban J connectivity index is 4.56. The van der Waals surface area contributed by atoms with E-state index in [1.54, 1.807) is 14.0 Å². The number of aliphatic imine (C=N–C) groups is 1. The molecule has 0 saturated heterocycles. The molecule has 58 valence electrons. The summed E-state index contributed by atoms with van der Waals surface area (Å²) < 4.78 is 0. The van der Waals surface area contributed by atoms with Crippen molar-refractivity contribution in [2.75, 3.05) is 7.05 Å². The Morgan fingerprint density at radius 2 is 1.70 bits per heavy atom. The lowest BCUT2D eigenvalue weighted by Crippen LogP contribution is -2.26. The summed E-state index contributed by atoms with van der Waals surface area (Å²) in [5.41, 5.74) is 0.549. The van der Waals surface area contributed by atoms with E-state index in [9.17, 15) is 4.79 Å². The van der Waals surface area contributed by atoms with Crippen LogP contribution in [0.15, 0.2) is 4.99 Å². The van der Waals surface area contributed by atoms with Crippen LogP contribution in [0.4, 0.5) is 0 Å². The van der Waals surface area contributed by atoms with Gasteiger partial charge in [-0.15, -0.1) is 0 Å². The van der Waals surface area contributed by atoms with Gasteiger partial charge in [0.1, 0.15) is 0 Å². The first kappa shape index (κ1) is 9.34. The van der Waals surface area contributed by atoms with Gasteiger partial charge in [-0.2, -0.15) is 0 Å². The van der Waals surface area contributed by atoms with Crippen LogP contribution in [0.2, 0.25) is 0 Å². The van der Waals surface area contributed by atoms with Crippen LogP contribution in [0.1, 0.15) is 27.7 Å². The molecule has 0 heterocycles. The van der Waals surface area contributed by atoms with E-state index in [0.29, 0.717) is 5.71 Å². The summed E-state index contributed by atoms with van der Waals surface area (Å²) in [5.74, 6) is 0.0648. The van der Waals surface area contributed by atoms with Crippen LogP contribution in [0, 0.1) is 5.41 Å². The second-order valence-corrected chi connectivity index (χ2v) is 3.38.